The van der Waals surface area contributed by atoms with Gasteiger partial charge < -0.3 is 39.0 Å². The largest absolute Gasteiger partial charge is 0.479 e. The molecule has 0 radical (unpaired) electrons. The lowest BCUT2D eigenvalue weighted by molar-refractivity contribution is -0.301. The van der Waals surface area contributed by atoms with Gasteiger partial charge in [-0.25, -0.2) is 4.79 Å². The molecule has 0 amide bonds. The van der Waals surface area contributed by atoms with Gasteiger partial charge in [0.1, 0.15) is 18.8 Å². The van der Waals surface area contributed by atoms with E-state index in [9.17, 15) is 34.5 Å². The number of aliphatic hydroxyl groups is 2. The van der Waals surface area contributed by atoms with Crippen LogP contribution >= 0.6 is 0 Å². The van der Waals surface area contributed by atoms with Crippen LogP contribution in [0.5, 0.6) is 0 Å². The van der Waals surface area contributed by atoms with Crippen molar-refractivity contribution in [2.45, 2.75) is 250 Å². The van der Waals surface area contributed by atoms with Gasteiger partial charge in [0.2, 0.25) is 0 Å². The highest BCUT2D eigenvalue weighted by Crippen LogP contribution is 2.26. The summed E-state index contributed by atoms with van der Waals surface area (Å²) in [7, 11) is 0. The summed E-state index contributed by atoms with van der Waals surface area (Å²) in [5, 5.41) is 31.5. The molecule has 0 aromatic heterocycles. The lowest BCUT2D eigenvalue weighted by Crippen LogP contribution is -2.61. The summed E-state index contributed by atoms with van der Waals surface area (Å²) in [5.74, 6) is -3.26. The minimum Gasteiger partial charge on any atom is -0.479 e. The van der Waals surface area contributed by atoms with E-state index in [0.717, 1.165) is 154 Å². The Labute approximate surface area is 489 Å². The van der Waals surface area contributed by atoms with E-state index in [4.69, 9.17) is 23.7 Å². The summed E-state index contributed by atoms with van der Waals surface area (Å²) in [4.78, 5) is 51.2. The van der Waals surface area contributed by atoms with Gasteiger partial charge >= 0.3 is 23.9 Å². The average molecular weight is 1130 g/mol. The smallest absolute Gasteiger partial charge is 0.335 e. The second-order valence-corrected chi connectivity index (χ2v) is 20.2. The fourth-order valence-corrected chi connectivity index (χ4v) is 8.28. The van der Waals surface area contributed by atoms with E-state index in [1.165, 1.54) is 0 Å². The number of ether oxygens (including phenoxy) is 5. The molecule has 12 nitrogen and oxygen atoms in total. The Morgan fingerprint density at radius 3 is 1.16 bits per heavy atom. The number of carbonyl (C=O) groups excluding carboxylic acids is 3. The Hall–Kier alpha value is -5.40. The number of allylic oxidation sites excluding steroid dienone is 24. The lowest BCUT2D eigenvalue weighted by Gasteiger charge is -2.40. The van der Waals surface area contributed by atoms with Gasteiger partial charge in [-0.1, -0.05) is 205 Å². The topological polar surface area (TPSA) is 175 Å². The zero-order valence-corrected chi connectivity index (χ0v) is 50.0. The van der Waals surface area contributed by atoms with Crippen LogP contribution in [0.4, 0.5) is 0 Å². The van der Waals surface area contributed by atoms with Crippen molar-refractivity contribution in [1.29, 1.82) is 0 Å². The molecular formula is C69H106O12. The van der Waals surface area contributed by atoms with E-state index in [2.05, 4.69) is 167 Å². The number of aliphatic hydroxyl groups excluding tert-OH is 2. The average Bonchev–Trinajstić information content (AvgIpc) is 3.53. The standard InChI is InChI=1S/C69H106O12/c1-4-7-10-13-16-19-22-25-28-30-31-33-35-37-40-43-46-49-52-55-61(70)77-58-60(79-62(71)56-53-50-47-44-41-38-34-27-24-21-18-15-12-9-6-3)59-78-69-67(65(74)64(73)66(81-69)68(75)76)80-63(72)57-54-51-48-45-42-39-36-32-29-26-23-20-17-14-11-8-5-2/h7-12,16-21,25-29,31,33-34,37,40-41,44,60,64-67,69,73-74H,4-6,13-15,22-24,30,32,35-36,38-39,42-43,45-59H2,1-3H3,(H,75,76)/b10-7-,11-8-,12-9-,19-16-,20-17-,21-18-,28-25-,29-26-,33-31-,34-27-,40-37-,44-41-. The number of carboxylic acid groups (broad SMARTS) is 1. The molecule has 0 bridgehead atoms. The highest BCUT2D eigenvalue weighted by atomic mass is 16.7. The lowest BCUT2D eigenvalue weighted by atomic mass is 9.98. The number of unbranched alkanes of at least 4 members (excludes halogenated alkanes) is 12. The first-order valence-corrected chi connectivity index (χ1v) is 30.8. The van der Waals surface area contributed by atoms with Crippen LogP contribution in [0.2, 0.25) is 0 Å². The van der Waals surface area contributed by atoms with Crippen molar-refractivity contribution in [2.75, 3.05) is 13.2 Å². The second-order valence-electron chi connectivity index (χ2n) is 20.2. The summed E-state index contributed by atoms with van der Waals surface area (Å²) < 4.78 is 28.4. The van der Waals surface area contributed by atoms with Gasteiger partial charge in [-0.05, 0) is 135 Å². The fourth-order valence-electron chi connectivity index (χ4n) is 8.28. The van der Waals surface area contributed by atoms with Crippen LogP contribution in [0, 0.1) is 0 Å². The molecule has 1 heterocycles. The zero-order chi connectivity index (χ0) is 58.9. The van der Waals surface area contributed by atoms with Gasteiger partial charge in [-0.15, -0.1) is 0 Å². The first kappa shape index (κ1) is 73.6. The molecule has 1 saturated heterocycles. The normalized spacial score (nSPS) is 18.8. The molecule has 81 heavy (non-hydrogen) atoms. The van der Waals surface area contributed by atoms with Crippen molar-refractivity contribution < 1.29 is 58.2 Å². The number of carbonyl (C=O) groups is 4. The molecule has 454 valence electrons. The third-order valence-corrected chi connectivity index (χ3v) is 12.9. The van der Waals surface area contributed by atoms with E-state index < -0.39 is 67.3 Å². The molecular weight excluding hydrogens is 1020 g/mol. The van der Waals surface area contributed by atoms with Gasteiger partial charge in [0.05, 0.1) is 6.61 Å². The number of aliphatic carboxylic acids is 1. The van der Waals surface area contributed by atoms with E-state index in [-0.39, 0.29) is 25.9 Å². The Morgan fingerprint density at radius 1 is 0.407 bits per heavy atom. The third-order valence-electron chi connectivity index (χ3n) is 12.9. The summed E-state index contributed by atoms with van der Waals surface area (Å²) in [5.41, 5.74) is 0. The van der Waals surface area contributed by atoms with E-state index in [1.807, 2.05) is 0 Å². The second kappa shape index (κ2) is 55.2. The molecule has 3 N–H and O–H groups in total. The van der Waals surface area contributed by atoms with Crippen molar-refractivity contribution in [2.24, 2.45) is 0 Å². The molecule has 0 aromatic rings. The quantitative estimate of drug-likeness (QED) is 0.0228. The van der Waals surface area contributed by atoms with Crippen molar-refractivity contribution in [3.8, 4) is 0 Å². The third kappa shape index (κ3) is 44.9. The van der Waals surface area contributed by atoms with Crippen molar-refractivity contribution in [1.82, 2.24) is 0 Å². The molecule has 12 heteroatoms. The Morgan fingerprint density at radius 2 is 0.741 bits per heavy atom. The maximum Gasteiger partial charge on any atom is 0.335 e. The number of hydrogen-bond donors (Lipinski definition) is 3. The Bertz CT molecular complexity index is 1960. The number of carboxylic acids is 1. The van der Waals surface area contributed by atoms with Gasteiger partial charge in [-0.2, -0.15) is 0 Å². The van der Waals surface area contributed by atoms with E-state index >= 15 is 0 Å². The van der Waals surface area contributed by atoms with Gasteiger partial charge in [0.15, 0.2) is 24.6 Å². The number of rotatable bonds is 50. The highest BCUT2D eigenvalue weighted by Gasteiger charge is 2.50. The van der Waals surface area contributed by atoms with Crippen LogP contribution in [0.15, 0.2) is 146 Å². The van der Waals surface area contributed by atoms with Crippen LogP contribution in [-0.2, 0) is 42.9 Å². The molecule has 1 aliphatic rings. The van der Waals surface area contributed by atoms with Crippen molar-refractivity contribution in [3.63, 3.8) is 0 Å². The number of hydrogen-bond acceptors (Lipinski definition) is 11. The molecule has 6 unspecified atom stereocenters. The first-order valence-electron chi connectivity index (χ1n) is 30.8. The summed E-state index contributed by atoms with van der Waals surface area (Å²) in [6.07, 6.45) is 66.7. The molecule has 0 aromatic carbocycles. The van der Waals surface area contributed by atoms with Crippen LogP contribution in [0.1, 0.15) is 213 Å². The molecule has 1 fully saturated rings. The van der Waals surface area contributed by atoms with Crippen LogP contribution < -0.4 is 0 Å². The van der Waals surface area contributed by atoms with Gasteiger partial charge in [-0.3, -0.25) is 14.4 Å². The molecule has 1 rings (SSSR count). The van der Waals surface area contributed by atoms with Crippen molar-refractivity contribution in [3.05, 3.63) is 146 Å². The Balaban J connectivity index is 2.74. The molecule has 0 spiro atoms. The maximum absolute atomic E-state index is 13.2. The summed E-state index contributed by atoms with van der Waals surface area (Å²) in [6, 6.07) is 0. The van der Waals surface area contributed by atoms with Gasteiger partial charge in [0.25, 0.3) is 0 Å². The first-order chi connectivity index (χ1) is 39.6. The predicted octanol–water partition coefficient (Wildman–Crippen LogP) is 16.3. The van der Waals surface area contributed by atoms with Crippen LogP contribution in [-0.4, -0.2) is 89.2 Å². The zero-order valence-electron chi connectivity index (χ0n) is 50.0. The molecule has 1 aliphatic heterocycles. The number of esters is 3. The van der Waals surface area contributed by atoms with E-state index in [1.54, 1.807) is 0 Å². The highest BCUT2D eigenvalue weighted by molar-refractivity contribution is 5.74. The van der Waals surface area contributed by atoms with Crippen LogP contribution in [0.3, 0.4) is 0 Å². The van der Waals surface area contributed by atoms with Crippen molar-refractivity contribution >= 4 is 23.9 Å². The molecule has 6 atom stereocenters. The van der Waals surface area contributed by atoms with Gasteiger partial charge in [0, 0.05) is 19.3 Å². The van der Waals surface area contributed by atoms with Crippen LogP contribution in [0.25, 0.3) is 0 Å². The minimum atomic E-state index is -1.93. The fraction of sp³-hybridized carbons (Fsp3) is 0.594. The molecule has 0 aliphatic carbocycles. The summed E-state index contributed by atoms with van der Waals surface area (Å²) >= 11 is 0. The van der Waals surface area contributed by atoms with E-state index in [0.29, 0.717) is 19.3 Å². The summed E-state index contributed by atoms with van der Waals surface area (Å²) in [6.45, 7) is 5.58. The predicted molar refractivity (Wildman–Crippen MR) is 330 cm³/mol. The molecule has 0 saturated carbocycles. The Kier molecular flexibility index (Phi) is 50.1. The maximum atomic E-state index is 13.2. The monoisotopic (exact) mass is 1130 g/mol. The minimum absolute atomic E-state index is 0.0321. The SMILES string of the molecule is CC/C=C\C/C=C\C/C=C\C/C=C\C/C=C\CCCCCC(=O)OCC(COC1OC(C(=O)O)C(O)C(O)C1OC(=O)CCCCCCCCC/C=C\C/C=C\C/C=C\CC)OC(=O)CCCC/C=C\C/C=C\C/C=C\C/C=C\CC.